The summed E-state index contributed by atoms with van der Waals surface area (Å²) < 4.78 is 13.6. The highest BCUT2D eigenvalue weighted by Gasteiger charge is 2.27. The molecule has 0 aliphatic carbocycles. The summed E-state index contributed by atoms with van der Waals surface area (Å²) in [5, 5.41) is 13.5. The van der Waals surface area contributed by atoms with Gasteiger partial charge in [0.15, 0.2) is 0 Å². The summed E-state index contributed by atoms with van der Waals surface area (Å²) in [4.78, 5) is 39.1. The topological polar surface area (TPSA) is 102 Å². The van der Waals surface area contributed by atoms with Gasteiger partial charge in [0.05, 0.1) is 18.3 Å². The molecule has 1 aliphatic heterocycles. The van der Waals surface area contributed by atoms with Gasteiger partial charge in [0.1, 0.15) is 5.82 Å². The van der Waals surface area contributed by atoms with Crippen molar-refractivity contribution in [3.05, 3.63) is 30.1 Å². The van der Waals surface area contributed by atoms with Crippen LogP contribution in [0.25, 0.3) is 0 Å². The minimum absolute atomic E-state index is 0.000431. The first-order valence-electron chi connectivity index (χ1n) is 9.30. The smallest absolute Gasteiger partial charge is 0.326 e. The molecule has 1 fully saturated rings. The molecule has 2 atom stereocenters. The van der Waals surface area contributed by atoms with Gasteiger partial charge in [-0.3, -0.25) is 24.7 Å². The number of likely N-dealkylation sites (N-methyl/N-ethyl adjacent to an activating group) is 1. The molecule has 0 saturated carbocycles. The number of rotatable bonds is 6. The van der Waals surface area contributed by atoms with E-state index in [9.17, 15) is 18.8 Å². The summed E-state index contributed by atoms with van der Waals surface area (Å²) in [6, 6.07) is 4.54. The molecule has 1 saturated heterocycles. The van der Waals surface area contributed by atoms with Crippen molar-refractivity contribution in [3.63, 3.8) is 0 Å². The largest absolute Gasteiger partial charge is 0.480 e. The fourth-order valence-corrected chi connectivity index (χ4v) is 3.37. The normalized spacial score (nSPS) is 18.9. The Morgan fingerprint density at radius 3 is 2.68 bits per heavy atom. The van der Waals surface area contributed by atoms with Crippen LogP contribution in [0, 0.1) is 5.82 Å². The molecule has 0 aromatic heterocycles. The predicted octanol–water partition coefficient (Wildman–Crippen LogP) is 1.73. The molecule has 3 N–H and O–H groups in total. The van der Waals surface area contributed by atoms with Gasteiger partial charge in [-0.1, -0.05) is 12.1 Å². The van der Waals surface area contributed by atoms with E-state index < -0.39 is 29.8 Å². The van der Waals surface area contributed by atoms with Crippen LogP contribution in [0.1, 0.15) is 26.2 Å². The number of carbonyl (C=O) groups excluding carboxylic acids is 2. The van der Waals surface area contributed by atoms with Crippen molar-refractivity contribution in [1.82, 2.24) is 15.1 Å². The van der Waals surface area contributed by atoms with Crippen LogP contribution in [-0.4, -0.2) is 71.6 Å². The van der Waals surface area contributed by atoms with Crippen molar-refractivity contribution >= 4 is 23.6 Å². The van der Waals surface area contributed by atoms with Crippen molar-refractivity contribution < 1.29 is 23.9 Å². The molecule has 1 aromatic rings. The second-order valence-corrected chi connectivity index (χ2v) is 7.03. The highest BCUT2D eigenvalue weighted by atomic mass is 19.1. The van der Waals surface area contributed by atoms with Crippen LogP contribution in [0.3, 0.4) is 0 Å². The van der Waals surface area contributed by atoms with Gasteiger partial charge in [0.2, 0.25) is 5.91 Å². The quantitative estimate of drug-likeness (QED) is 0.679. The van der Waals surface area contributed by atoms with Gasteiger partial charge in [-0.15, -0.1) is 0 Å². The van der Waals surface area contributed by atoms with Crippen LogP contribution >= 0.6 is 0 Å². The van der Waals surface area contributed by atoms with E-state index in [0.717, 1.165) is 19.3 Å². The van der Waals surface area contributed by atoms with E-state index in [1.54, 1.807) is 20.0 Å². The molecule has 154 valence electrons. The van der Waals surface area contributed by atoms with Crippen LogP contribution in [0.5, 0.6) is 0 Å². The third kappa shape index (κ3) is 6.28. The Morgan fingerprint density at radius 1 is 1.29 bits per heavy atom. The fourth-order valence-electron chi connectivity index (χ4n) is 3.37. The van der Waals surface area contributed by atoms with Crippen molar-refractivity contribution in [1.29, 1.82) is 0 Å². The monoisotopic (exact) mass is 394 g/mol. The second kappa shape index (κ2) is 10.1. The first-order valence-corrected chi connectivity index (χ1v) is 9.30. The number of carbonyl (C=O) groups is 3. The van der Waals surface area contributed by atoms with Gasteiger partial charge < -0.3 is 10.4 Å². The van der Waals surface area contributed by atoms with Crippen LogP contribution in [-0.2, 0) is 9.59 Å². The van der Waals surface area contributed by atoms with Crippen LogP contribution in [0.15, 0.2) is 24.3 Å². The number of hydrogen-bond acceptors (Lipinski definition) is 5. The van der Waals surface area contributed by atoms with E-state index in [4.69, 9.17) is 5.11 Å². The third-order valence-electron chi connectivity index (χ3n) is 5.03. The lowest BCUT2D eigenvalue weighted by atomic mass is 10.1. The molecule has 1 aromatic carbocycles. The number of benzene rings is 1. The number of para-hydroxylation sites is 1. The number of carboxylic acids is 1. The van der Waals surface area contributed by atoms with Gasteiger partial charge in [-0.2, -0.15) is 0 Å². The minimum atomic E-state index is -0.864. The number of urea groups is 1. The zero-order chi connectivity index (χ0) is 20.7. The van der Waals surface area contributed by atoms with E-state index in [0.29, 0.717) is 13.1 Å². The lowest BCUT2D eigenvalue weighted by Gasteiger charge is -2.28. The molecule has 9 heteroatoms. The van der Waals surface area contributed by atoms with E-state index in [1.165, 1.54) is 18.2 Å². The molecule has 1 aliphatic rings. The molecule has 28 heavy (non-hydrogen) atoms. The lowest BCUT2D eigenvalue weighted by Crippen LogP contribution is -2.48. The van der Waals surface area contributed by atoms with Crippen LogP contribution in [0.2, 0.25) is 0 Å². The Morgan fingerprint density at radius 2 is 2.00 bits per heavy atom. The van der Waals surface area contributed by atoms with Crippen LogP contribution < -0.4 is 10.6 Å². The maximum Gasteiger partial charge on any atom is 0.326 e. The zero-order valence-corrected chi connectivity index (χ0v) is 16.2. The van der Waals surface area contributed by atoms with Crippen LogP contribution in [0.4, 0.5) is 14.9 Å². The lowest BCUT2D eigenvalue weighted by molar-refractivity contribution is -0.138. The first-order chi connectivity index (χ1) is 13.3. The number of aliphatic carboxylic acids is 1. The summed E-state index contributed by atoms with van der Waals surface area (Å²) in [6.45, 7) is 3.00. The predicted molar refractivity (Wildman–Crippen MR) is 103 cm³/mol. The number of carboxylic acid groups (broad SMARTS) is 1. The minimum Gasteiger partial charge on any atom is -0.480 e. The standard InChI is InChI=1S/C19H27FN4O4/c1-13(18(27)22-19(28)21-16-8-4-3-7-15(16)20)24-10-5-6-14(9-11-24)23(2)12-17(25)26/h3-4,7-8,13-14H,5-6,9-12H2,1-2H3,(H,25,26)(H2,21,22,27,28). The van der Waals surface area contributed by atoms with Gasteiger partial charge in [0.25, 0.3) is 0 Å². The van der Waals surface area contributed by atoms with E-state index in [-0.39, 0.29) is 18.3 Å². The molecule has 2 unspecified atom stereocenters. The summed E-state index contributed by atoms with van der Waals surface area (Å²) >= 11 is 0. The average Bonchev–Trinajstić information content (AvgIpc) is 2.88. The molecule has 0 bridgehead atoms. The number of likely N-dealkylation sites (tertiary alicyclic amines) is 1. The Kier molecular flexibility index (Phi) is 7.89. The number of imide groups is 1. The van der Waals surface area contributed by atoms with Gasteiger partial charge in [-0.25, -0.2) is 9.18 Å². The van der Waals surface area contributed by atoms with Crippen molar-refractivity contribution in [3.8, 4) is 0 Å². The summed E-state index contributed by atoms with van der Waals surface area (Å²) in [7, 11) is 1.79. The number of nitrogens with zero attached hydrogens (tertiary/aromatic N) is 2. The number of amides is 3. The van der Waals surface area contributed by atoms with Crippen molar-refractivity contribution in [2.75, 3.05) is 32.0 Å². The van der Waals surface area contributed by atoms with E-state index >= 15 is 0 Å². The second-order valence-electron chi connectivity index (χ2n) is 7.03. The Labute approximate surface area is 163 Å². The number of anilines is 1. The summed E-state index contributed by atoms with van der Waals surface area (Å²) in [5.74, 6) is -1.91. The first kappa shape index (κ1) is 21.8. The molecule has 2 rings (SSSR count). The Hall–Kier alpha value is -2.52. The highest BCUT2D eigenvalue weighted by Crippen LogP contribution is 2.18. The molecular formula is C19H27FN4O4. The maximum atomic E-state index is 13.6. The number of nitrogens with one attached hydrogen (secondary N) is 2. The van der Waals surface area contributed by atoms with Gasteiger partial charge in [-0.05, 0) is 51.9 Å². The number of halogens is 1. The average molecular weight is 394 g/mol. The highest BCUT2D eigenvalue weighted by molar-refractivity contribution is 6.02. The van der Waals surface area contributed by atoms with E-state index in [2.05, 4.69) is 10.6 Å². The third-order valence-corrected chi connectivity index (χ3v) is 5.03. The summed E-state index contributed by atoms with van der Waals surface area (Å²) in [6.07, 6.45) is 2.42. The molecule has 3 amide bonds. The molecular weight excluding hydrogens is 367 g/mol. The molecule has 0 radical (unpaired) electrons. The fraction of sp³-hybridized carbons (Fsp3) is 0.526. The molecule has 0 spiro atoms. The zero-order valence-electron chi connectivity index (χ0n) is 16.2. The SMILES string of the molecule is CC(C(=O)NC(=O)Nc1ccccc1F)N1CCCC(N(C)CC(=O)O)CC1. The van der Waals surface area contributed by atoms with Gasteiger partial charge in [0, 0.05) is 12.6 Å². The molecule has 8 nitrogen and oxygen atoms in total. The number of hydrogen-bond donors (Lipinski definition) is 3. The van der Waals surface area contributed by atoms with Crippen molar-refractivity contribution in [2.24, 2.45) is 0 Å². The van der Waals surface area contributed by atoms with Crippen molar-refractivity contribution in [2.45, 2.75) is 38.3 Å². The van der Waals surface area contributed by atoms with Gasteiger partial charge >= 0.3 is 12.0 Å². The van der Waals surface area contributed by atoms with E-state index in [1.807, 2.05) is 9.80 Å². The summed E-state index contributed by atoms with van der Waals surface area (Å²) in [5.41, 5.74) is -0.000431. The molecule has 1 heterocycles. The Balaban J connectivity index is 1.86. The maximum absolute atomic E-state index is 13.6. The Bertz CT molecular complexity index is 715.